The van der Waals surface area contributed by atoms with Crippen molar-refractivity contribution in [1.82, 2.24) is 9.55 Å². The number of nitrogens with zero attached hydrogens (tertiary/aromatic N) is 2. The molecule has 1 saturated heterocycles. The van der Waals surface area contributed by atoms with Crippen LogP contribution in [0.4, 0.5) is 0 Å². The zero-order valence-electron chi connectivity index (χ0n) is 6.81. The van der Waals surface area contributed by atoms with E-state index >= 15 is 0 Å². The molecule has 4 nitrogen and oxygen atoms in total. The summed E-state index contributed by atoms with van der Waals surface area (Å²) < 4.78 is 7.21. The molecule has 1 N–H and O–H groups in total. The molecule has 0 aromatic carbocycles. The monoisotopic (exact) mass is 168 g/mol. The minimum atomic E-state index is 0.0483. The fraction of sp³-hybridized carbons (Fsp3) is 0.625. The molecule has 1 aromatic heterocycles. The van der Waals surface area contributed by atoms with Gasteiger partial charge in [-0.25, -0.2) is 4.98 Å². The average Bonchev–Trinajstić information content (AvgIpc) is 2.43. The van der Waals surface area contributed by atoms with Gasteiger partial charge in [0.25, 0.3) is 0 Å². The Morgan fingerprint density at radius 1 is 1.75 bits per heavy atom. The fourth-order valence-corrected chi connectivity index (χ4v) is 1.29. The van der Waals surface area contributed by atoms with E-state index < -0.39 is 0 Å². The first-order valence-electron chi connectivity index (χ1n) is 4.11. The molecule has 0 bridgehead atoms. The minimum Gasteiger partial charge on any atom is -0.390 e. The topological polar surface area (TPSA) is 47.3 Å². The lowest BCUT2D eigenvalue weighted by atomic mass is 10.2. The Morgan fingerprint density at radius 3 is 3.17 bits per heavy atom. The predicted octanol–water partition coefficient (Wildman–Crippen LogP) is 0.164. The molecular weight excluding hydrogens is 156 g/mol. The molecule has 0 aliphatic carbocycles. The van der Waals surface area contributed by atoms with Crippen LogP contribution in [0.1, 0.15) is 12.1 Å². The molecular formula is C8H12N2O2. The van der Waals surface area contributed by atoms with Gasteiger partial charge >= 0.3 is 0 Å². The van der Waals surface area contributed by atoms with Crippen LogP contribution in [0.2, 0.25) is 0 Å². The highest BCUT2D eigenvalue weighted by Gasteiger charge is 2.19. The first-order valence-corrected chi connectivity index (χ1v) is 4.11. The van der Waals surface area contributed by atoms with Crippen LogP contribution in [0.15, 0.2) is 12.5 Å². The second-order valence-electron chi connectivity index (χ2n) is 2.98. The van der Waals surface area contributed by atoms with Crippen LogP contribution in [0.3, 0.4) is 0 Å². The summed E-state index contributed by atoms with van der Waals surface area (Å²) >= 11 is 0. The van der Waals surface area contributed by atoms with Gasteiger partial charge in [0.1, 0.15) is 0 Å². The van der Waals surface area contributed by atoms with Crippen LogP contribution in [0, 0.1) is 0 Å². The number of hydrogen-bond donors (Lipinski definition) is 1. The molecule has 0 radical (unpaired) electrons. The largest absolute Gasteiger partial charge is 0.390 e. The van der Waals surface area contributed by atoms with Gasteiger partial charge in [-0.2, -0.15) is 0 Å². The lowest BCUT2D eigenvalue weighted by Crippen LogP contribution is -2.31. The Kier molecular flexibility index (Phi) is 2.10. The van der Waals surface area contributed by atoms with Gasteiger partial charge in [-0.3, -0.25) is 0 Å². The van der Waals surface area contributed by atoms with Crippen LogP contribution in [-0.2, 0) is 17.9 Å². The van der Waals surface area contributed by atoms with Crippen LogP contribution in [-0.4, -0.2) is 27.4 Å². The molecule has 1 aromatic rings. The number of imidazole rings is 1. The van der Waals surface area contributed by atoms with E-state index in [1.807, 2.05) is 4.57 Å². The summed E-state index contributed by atoms with van der Waals surface area (Å²) in [5.41, 5.74) is 0.852. The van der Waals surface area contributed by atoms with Crippen molar-refractivity contribution >= 4 is 0 Å². The van der Waals surface area contributed by atoms with Crippen LogP contribution >= 0.6 is 0 Å². The number of hydrogen-bond acceptors (Lipinski definition) is 3. The molecule has 0 saturated carbocycles. The molecule has 2 rings (SSSR count). The first kappa shape index (κ1) is 7.76. The van der Waals surface area contributed by atoms with Crippen LogP contribution in [0.25, 0.3) is 0 Å². The normalized spacial score (nSPS) is 22.2. The lowest BCUT2D eigenvalue weighted by molar-refractivity contribution is -0.0598. The van der Waals surface area contributed by atoms with Gasteiger partial charge in [-0.15, -0.1) is 0 Å². The first-order chi connectivity index (χ1) is 5.90. The van der Waals surface area contributed by atoms with Crippen molar-refractivity contribution in [1.29, 1.82) is 0 Å². The second kappa shape index (κ2) is 3.25. The highest BCUT2D eigenvalue weighted by atomic mass is 16.5. The standard InChI is InChI=1S/C8H12N2O2/c11-5-7-3-9-6-10(7)4-8-1-2-12-8/h3,6,8,11H,1-2,4-5H2/t8-/m0/s1. The SMILES string of the molecule is OCc1cncn1C[C@@H]1CCO1. The summed E-state index contributed by atoms with van der Waals surface area (Å²) in [5, 5.41) is 8.91. The van der Waals surface area contributed by atoms with E-state index in [1.165, 1.54) is 0 Å². The molecule has 0 unspecified atom stereocenters. The van der Waals surface area contributed by atoms with Crippen molar-refractivity contribution in [3.63, 3.8) is 0 Å². The molecule has 2 heterocycles. The van der Waals surface area contributed by atoms with Gasteiger partial charge in [-0.05, 0) is 6.42 Å². The van der Waals surface area contributed by atoms with Gasteiger partial charge in [0.2, 0.25) is 0 Å². The third-order valence-electron chi connectivity index (χ3n) is 2.15. The van der Waals surface area contributed by atoms with Gasteiger partial charge in [0, 0.05) is 6.61 Å². The lowest BCUT2D eigenvalue weighted by Gasteiger charge is -2.27. The Labute approximate surface area is 70.8 Å². The summed E-state index contributed by atoms with van der Waals surface area (Å²) in [7, 11) is 0. The minimum absolute atomic E-state index is 0.0483. The van der Waals surface area contributed by atoms with E-state index in [1.54, 1.807) is 12.5 Å². The van der Waals surface area contributed by atoms with Crippen molar-refractivity contribution in [2.75, 3.05) is 6.61 Å². The van der Waals surface area contributed by atoms with Crippen molar-refractivity contribution in [2.45, 2.75) is 25.7 Å². The van der Waals surface area contributed by atoms with Gasteiger partial charge in [0.05, 0.1) is 37.5 Å². The molecule has 0 spiro atoms. The van der Waals surface area contributed by atoms with Gasteiger partial charge in [0.15, 0.2) is 0 Å². The Morgan fingerprint density at radius 2 is 2.58 bits per heavy atom. The van der Waals surface area contributed by atoms with E-state index in [0.29, 0.717) is 6.10 Å². The maximum Gasteiger partial charge on any atom is 0.0949 e. The molecule has 4 heteroatoms. The Balaban J connectivity index is 2.00. The summed E-state index contributed by atoms with van der Waals surface area (Å²) in [6.07, 6.45) is 4.85. The third-order valence-corrected chi connectivity index (χ3v) is 2.15. The van der Waals surface area contributed by atoms with Crippen LogP contribution in [0.5, 0.6) is 0 Å². The summed E-state index contributed by atoms with van der Waals surface area (Å²) in [6.45, 7) is 1.73. The highest BCUT2D eigenvalue weighted by Crippen LogP contribution is 2.14. The second-order valence-corrected chi connectivity index (χ2v) is 2.98. The van der Waals surface area contributed by atoms with E-state index in [2.05, 4.69) is 4.98 Å². The highest BCUT2D eigenvalue weighted by molar-refractivity contribution is 4.96. The van der Waals surface area contributed by atoms with Crippen molar-refractivity contribution in [3.8, 4) is 0 Å². The van der Waals surface area contributed by atoms with E-state index in [4.69, 9.17) is 9.84 Å². The smallest absolute Gasteiger partial charge is 0.0949 e. The van der Waals surface area contributed by atoms with Gasteiger partial charge < -0.3 is 14.4 Å². The number of aromatic nitrogens is 2. The van der Waals surface area contributed by atoms with E-state index in [-0.39, 0.29) is 6.61 Å². The number of ether oxygens (including phenoxy) is 1. The maximum absolute atomic E-state index is 8.91. The number of rotatable bonds is 3. The summed E-state index contributed by atoms with van der Waals surface area (Å²) in [6, 6.07) is 0. The predicted molar refractivity (Wildman–Crippen MR) is 42.5 cm³/mol. The molecule has 1 aliphatic rings. The maximum atomic E-state index is 8.91. The Hall–Kier alpha value is -0.870. The zero-order valence-corrected chi connectivity index (χ0v) is 6.81. The summed E-state index contributed by atoms with van der Waals surface area (Å²) in [5.74, 6) is 0. The molecule has 1 aliphatic heterocycles. The zero-order chi connectivity index (χ0) is 8.39. The van der Waals surface area contributed by atoms with Gasteiger partial charge in [-0.1, -0.05) is 0 Å². The van der Waals surface area contributed by atoms with Crippen LogP contribution < -0.4 is 0 Å². The van der Waals surface area contributed by atoms with Crippen molar-refractivity contribution < 1.29 is 9.84 Å². The third kappa shape index (κ3) is 1.35. The molecule has 1 fully saturated rings. The number of aliphatic hydroxyl groups is 1. The Bertz CT molecular complexity index is 255. The molecule has 66 valence electrons. The van der Waals surface area contributed by atoms with Crippen molar-refractivity contribution in [2.24, 2.45) is 0 Å². The van der Waals surface area contributed by atoms with E-state index in [0.717, 1.165) is 25.3 Å². The fourth-order valence-electron chi connectivity index (χ4n) is 1.29. The number of aliphatic hydroxyl groups excluding tert-OH is 1. The summed E-state index contributed by atoms with van der Waals surface area (Å²) in [4.78, 5) is 3.95. The average molecular weight is 168 g/mol. The quantitative estimate of drug-likeness (QED) is 0.699. The van der Waals surface area contributed by atoms with E-state index in [9.17, 15) is 0 Å². The molecule has 0 amide bonds. The van der Waals surface area contributed by atoms with Crippen molar-refractivity contribution in [3.05, 3.63) is 18.2 Å². The molecule has 1 atom stereocenters. The molecule has 12 heavy (non-hydrogen) atoms.